The third kappa shape index (κ3) is 4.04. The first-order chi connectivity index (χ1) is 11.6. The van der Waals surface area contributed by atoms with Crippen LogP contribution in [0.2, 0.25) is 0 Å². The number of hydrogen-bond donors (Lipinski definition) is 1. The maximum atomic E-state index is 12.9. The zero-order valence-corrected chi connectivity index (χ0v) is 16.2. The number of rotatable bonds is 5. The van der Waals surface area contributed by atoms with E-state index in [1.165, 1.54) is 4.31 Å². The van der Waals surface area contributed by atoms with Gasteiger partial charge >= 0.3 is 0 Å². The van der Waals surface area contributed by atoms with Crippen molar-refractivity contribution in [2.45, 2.75) is 57.4 Å². The Morgan fingerprint density at radius 3 is 2.52 bits per heavy atom. The van der Waals surface area contributed by atoms with Crippen molar-refractivity contribution in [2.75, 3.05) is 26.2 Å². The van der Waals surface area contributed by atoms with Gasteiger partial charge in [0.1, 0.15) is 10.6 Å². The Kier molecular flexibility index (Phi) is 5.90. The van der Waals surface area contributed by atoms with Crippen molar-refractivity contribution in [2.24, 2.45) is 5.73 Å². The van der Waals surface area contributed by atoms with Crippen LogP contribution < -0.4 is 5.73 Å². The van der Waals surface area contributed by atoms with Gasteiger partial charge in [0.25, 0.3) is 0 Å². The monoisotopic (exact) mass is 372 g/mol. The molecular weight excluding hydrogens is 344 g/mol. The van der Waals surface area contributed by atoms with E-state index in [0.29, 0.717) is 38.2 Å². The number of sulfonamides is 1. The number of amides is 1. The molecule has 9 heteroatoms. The number of aromatic nitrogens is 1. The summed E-state index contributed by atoms with van der Waals surface area (Å²) in [4.78, 5) is 14.5. The molecule has 1 saturated heterocycles. The van der Waals surface area contributed by atoms with Crippen LogP contribution in [0.3, 0.4) is 0 Å². The van der Waals surface area contributed by atoms with E-state index in [1.807, 2.05) is 6.92 Å². The van der Waals surface area contributed by atoms with Crippen molar-refractivity contribution in [3.8, 4) is 0 Å². The summed E-state index contributed by atoms with van der Waals surface area (Å²) in [6.07, 6.45) is 1.99. The second-order valence-corrected chi connectivity index (χ2v) is 8.75. The molecule has 0 radical (unpaired) electrons. The molecule has 1 aliphatic rings. The molecular formula is C16H28N4O4S. The topological polar surface area (TPSA) is 110 Å². The third-order valence-corrected chi connectivity index (χ3v) is 6.71. The van der Waals surface area contributed by atoms with Crippen molar-refractivity contribution in [1.29, 1.82) is 0 Å². The van der Waals surface area contributed by atoms with Gasteiger partial charge in [-0.15, -0.1) is 0 Å². The number of aryl methyl sites for hydroxylation is 2. The lowest BCUT2D eigenvalue weighted by Gasteiger charge is -2.31. The number of nitrogens with two attached hydrogens (primary N) is 1. The summed E-state index contributed by atoms with van der Waals surface area (Å²) in [5, 5.41) is 3.73. The molecule has 1 unspecified atom stereocenters. The number of carbonyl (C=O) groups excluding carboxylic acids is 1. The van der Waals surface area contributed by atoms with E-state index in [2.05, 4.69) is 5.16 Å². The summed E-state index contributed by atoms with van der Waals surface area (Å²) in [6.45, 7) is 8.35. The zero-order chi connectivity index (χ0) is 18.8. The normalized spacial score (nSPS) is 19.5. The molecule has 1 aromatic heterocycles. The smallest absolute Gasteiger partial charge is 0.248 e. The molecule has 142 valence electrons. The van der Waals surface area contributed by atoms with E-state index < -0.39 is 15.6 Å². The highest BCUT2D eigenvalue weighted by Gasteiger charge is 2.36. The fourth-order valence-corrected chi connectivity index (χ4v) is 5.06. The molecule has 2 N–H and O–H groups in total. The van der Waals surface area contributed by atoms with Gasteiger partial charge in [-0.1, -0.05) is 18.5 Å². The minimum Gasteiger partial charge on any atom is -0.360 e. The summed E-state index contributed by atoms with van der Waals surface area (Å²) < 4.78 is 32.2. The Hall–Kier alpha value is -1.45. The van der Waals surface area contributed by atoms with E-state index in [4.69, 9.17) is 10.3 Å². The van der Waals surface area contributed by atoms with Crippen LogP contribution in [0.15, 0.2) is 9.42 Å². The zero-order valence-electron chi connectivity index (χ0n) is 15.4. The maximum Gasteiger partial charge on any atom is 0.248 e. The van der Waals surface area contributed by atoms with E-state index in [1.54, 1.807) is 25.7 Å². The Bertz CT molecular complexity index is 707. The van der Waals surface area contributed by atoms with Gasteiger partial charge in [-0.2, -0.15) is 4.31 Å². The molecule has 1 fully saturated rings. The average Bonchev–Trinajstić information content (AvgIpc) is 2.75. The quantitative estimate of drug-likeness (QED) is 0.827. The highest BCUT2D eigenvalue weighted by atomic mass is 32.2. The van der Waals surface area contributed by atoms with Crippen molar-refractivity contribution >= 4 is 15.9 Å². The van der Waals surface area contributed by atoms with Crippen LogP contribution in [0.1, 0.15) is 44.6 Å². The molecule has 2 rings (SSSR count). The second kappa shape index (κ2) is 7.43. The Balaban J connectivity index is 2.15. The molecule has 1 amide bonds. The van der Waals surface area contributed by atoms with Crippen molar-refractivity contribution in [3.05, 3.63) is 11.5 Å². The number of nitrogens with zero attached hydrogens (tertiary/aromatic N) is 3. The van der Waals surface area contributed by atoms with E-state index in [9.17, 15) is 13.2 Å². The van der Waals surface area contributed by atoms with Gasteiger partial charge < -0.3 is 15.2 Å². The van der Waals surface area contributed by atoms with Gasteiger partial charge in [-0.3, -0.25) is 4.79 Å². The van der Waals surface area contributed by atoms with Gasteiger partial charge in [0.05, 0.1) is 5.54 Å². The van der Waals surface area contributed by atoms with Gasteiger partial charge in [0.2, 0.25) is 15.9 Å². The molecule has 25 heavy (non-hydrogen) atoms. The summed E-state index contributed by atoms with van der Waals surface area (Å²) in [5.74, 6) is 0.165. The van der Waals surface area contributed by atoms with Crippen LogP contribution in [0.5, 0.6) is 0 Å². The number of carbonyl (C=O) groups is 1. The lowest BCUT2D eigenvalue weighted by atomic mass is 9.95. The van der Waals surface area contributed by atoms with E-state index in [0.717, 1.165) is 6.42 Å². The van der Waals surface area contributed by atoms with Gasteiger partial charge in [0, 0.05) is 26.2 Å². The van der Waals surface area contributed by atoms with Crippen LogP contribution >= 0.6 is 0 Å². The molecule has 0 aliphatic carbocycles. The van der Waals surface area contributed by atoms with E-state index >= 15 is 0 Å². The predicted molar refractivity (Wildman–Crippen MR) is 93.4 cm³/mol. The third-order valence-electron chi connectivity index (χ3n) is 4.57. The molecule has 1 atom stereocenters. The standard InChI is InChI=1S/C16H28N4O4S/c1-5-7-16(4,17)15(21)19-8-6-9-20(11-10-19)25(22,23)14-12(2)18-24-13(14)3/h5-11,17H2,1-4H3. The number of hydrogen-bond acceptors (Lipinski definition) is 6. The van der Waals surface area contributed by atoms with Crippen LogP contribution in [0.4, 0.5) is 0 Å². The maximum absolute atomic E-state index is 12.9. The molecule has 1 aliphatic heterocycles. The first-order valence-corrected chi connectivity index (χ1v) is 10.1. The highest BCUT2D eigenvalue weighted by Crippen LogP contribution is 2.24. The first kappa shape index (κ1) is 19.9. The largest absolute Gasteiger partial charge is 0.360 e. The summed E-state index contributed by atoms with van der Waals surface area (Å²) in [6, 6.07) is 0. The van der Waals surface area contributed by atoms with E-state index in [-0.39, 0.29) is 23.1 Å². The second-order valence-electron chi connectivity index (χ2n) is 6.87. The van der Waals surface area contributed by atoms with Crippen LogP contribution in [-0.2, 0) is 14.8 Å². The van der Waals surface area contributed by atoms with Gasteiger partial charge in [0.15, 0.2) is 5.76 Å². The minimum absolute atomic E-state index is 0.120. The minimum atomic E-state index is -3.69. The summed E-state index contributed by atoms with van der Waals surface area (Å²) in [5.41, 5.74) is 5.59. The van der Waals surface area contributed by atoms with Gasteiger partial charge in [-0.25, -0.2) is 8.42 Å². The van der Waals surface area contributed by atoms with Crippen LogP contribution in [0.25, 0.3) is 0 Å². The van der Waals surface area contributed by atoms with Crippen LogP contribution in [-0.4, -0.2) is 60.4 Å². The van der Waals surface area contributed by atoms with Crippen molar-refractivity contribution in [1.82, 2.24) is 14.4 Å². The fraction of sp³-hybridized carbons (Fsp3) is 0.750. The molecule has 2 heterocycles. The molecule has 0 saturated carbocycles. The van der Waals surface area contributed by atoms with Gasteiger partial charge in [-0.05, 0) is 33.6 Å². The molecule has 0 spiro atoms. The summed E-state index contributed by atoms with van der Waals surface area (Å²) >= 11 is 0. The summed E-state index contributed by atoms with van der Waals surface area (Å²) in [7, 11) is -3.69. The van der Waals surface area contributed by atoms with Crippen molar-refractivity contribution < 1.29 is 17.7 Å². The lowest BCUT2D eigenvalue weighted by Crippen LogP contribution is -2.54. The SMILES string of the molecule is CCCC(C)(N)C(=O)N1CCCN(S(=O)(=O)c2c(C)noc2C)CC1. The Morgan fingerprint density at radius 2 is 1.96 bits per heavy atom. The lowest BCUT2D eigenvalue weighted by molar-refractivity contribution is -0.136. The molecule has 0 bridgehead atoms. The molecule has 8 nitrogen and oxygen atoms in total. The molecule has 0 aromatic carbocycles. The van der Waals surface area contributed by atoms with Crippen LogP contribution in [0, 0.1) is 13.8 Å². The average molecular weight is 372 g/mol. The van der Waals surface area contributed by atoms with Crippen molar-refractivity contribution in [3.63, 3.8) is 0 Å². The Labute approximate surface area is 149 Å². The molecule has 1 aromatic rings. The fourth-order valence-electron chi connectivity index (χ4n) is 3.30. The predicted octanol–water partition coefficient (Wildman–Crippen LogP) is 1.03. The first-order valence-electron chi connectivity index (χ1n) is 8.62. The highest BCUT2D eigenvalue weighted by molar-refractivity contribution is 7.89. The Morgan fingerprint density at radius 1 is 1.28 bits per heavy atom.